The number of hydrogen-bond acceptors (Lipinski definition) is 4. The normalized spacial score (nSPS) is 12.9. The molecule has 0 fully saturated rings. The van der Waals surface area contributed by atoms with Gasteiger partial charge in [-0.2, -0.15) is 4.72 Å². The van der Waals surface area contributed by atoms with Crippen LogP contribution in [0.1, 0.15) is 22.2 Å². The van der Waals surface area contributed by atoms with Crippen LogP contribution in [0.2, 0.25) is 0 Å². The molecule has 0 aliphatic carbocycles. The summed E-state index contributed by atoms with van der Waals surface area (Å²) >= 11 is 1.26. The molecule has 0 unspecified atom stereocenters. The summed E-state index contributed by atoms with van der Waals surface area (Å²) in [6.07, 6.45) is 1.66. The van der Waals surface area contributed by atoms with E-state index in [-0.39, 0.29) is 0 Å². The number of nitrogens with zero attached hydrogens (tertiary/aromatic N) is 1. The van der Waals surface area contributed by atoms with Gasteiger partial charge in [0.2, 0.25) is 0 Å². The Morgan fingerprint density at radius 1 is 1.00 bits per heavy atom. The molecule has 23 heavy (non-hydrogen) atoms. The molecule has 3 rings (SSSR count). The largest absolute Gasteiger partial charge is 0.259 e. The SMILES string of the molecule is Cc1ccc(S(=O)(=O)N[C@H](c2ccccc2)c2ccccn2)s1. The fourth-order valence-electron chi connectivity index (χ4n) is 2.26. The summed E-state index contributed by atoms with van der Waals surface area (Å²) in [6, 6.07) is 17.8. The molecule has 118 valence electrons. The Labute approximate surface area is 139 Å². The minimum absolute atomic E-state index is 0.312. The third-order valence-electron chi connectivity index (χ3n) is 3.37. The van der Waals surface area contributed by atoms with E-state index in [9.17, 15) is 8.42 Å². The highest BCUT2D eigenvalue weighted by atomic mass is 32.2. The highest BCUT2D eigenvalue weighted by Gasteiger charge is 2.24. The van der Waals surface area contributed by atoms with Crippen molar-refractivity contribution in [1.82, 2.24) is 9.71 Å². The molecule has 3 aromatic rings. The van der Waals surface area contributed by atoms with Crippen LogP contribution in [0.5, 0.6) is 0 Å². The van der Waals surface area contributed by atoms with E-state index in [2.05, 4.69) is 9.71 Å². The van der Waals surface area contributed by atoms with E-state index in [4.69, 9.17) is 0 Å². The molecule has 0 aliphatic heterocycles. The Balaban J connectivity index is 2.00. The number of benzene rings is 1. The maximum Gasteiger partial charge on any atom is 0.250 e. The van der Waals surface area contributed by atoms with Crippen molar-refractivity contribution >= 4 is 21.4 Å². The molecule has 4 nitrogen and oxygen atoms in total. The predicted octanol–water partition coefficient (Wildman–Crippen LogP) is 3.52. The number of nitrogens with one attached hydrogen (secondary N) is 1. The first-order valence-electron chi connectivity index (χ1n) is 7.11. The van der Waals surface area contributed by atoms with Gasteiger partial charge in [0.25, 0.3) is 10.0 Å². The van der Waals surface area contributed by atoms with Gasteiger partial charge in [-0.15, -0.1) is 11.3 Å². The second kappa shape index (κ2) is 6.62. The summed E-state index contributed by atoms with van der Waals surface area (Å²) in [6.45, 7) is 1.89. The highest BCUT2D eigenvalue weighted by Crippen LogP contribution is 2.26. The fraction of sp³-hybridized carbons (Fsp3) is 0.118. The van der Waals surface area contributed by atoms with Crippen molar-refractivity contribution in [3.63, 3.8) is 0 Å². The van der Waals surface area contributed by atoms with Crippen LogP contribution in [0.15, 0.2) is 71.1 Å². The van der Waals surface area contributed by atoms with Crippen LogP contribution in [0, 0.1) is 6.92 Å². The molecule has 0 aliphatic rings. The average molecular weight is 344 g/mol. The summed E-state index contributed by atoms with van der Waals surface area (Å²) in [5, 5.41) is 0. The van der Waals surface area contributed by atoms with Gasteiger partial charge in [0.05, 0.1) is 11.7 Å². The van der Waals surface area contributed by atoms with Gasteiger partial charge >= 0.3 is 0 Å². The summed E-state index contributed by atoms with van der Waals surface area (Å²) in [7, 11) is -3.61. The Morgan fingerprint density at radius 3 is 2.35 bits per heavy atom. The quantitative estimate of drug-likeness (QED) is 0.770. The van der Waals surface area contributed by atoms with E-state index in [1.165, 1.54) is 11.3 Å². The van der Waals surface area contributed by atoms with Gasteiger partial charge in [0.1, 0.15) is 4.21 Å². The molecule has 2 aromatic heterocycles. The van der Waals surface area contributed by atoms with Crippen molar-refractivity contribution in [3.8, 4) is 0 Å². The van der Waals surface area contributed by atoms with Crippen LogP contribution in [0.3, 0.4) is 0 Å². The van der Waals surface area contributed by atoms with Gasteiger partial charge in [-0.05, 0) is 36.8 Å². The van der Waals surface area contributed by atoms with E-state index in [1.54, 1.807) is 18.3 Å². The van der Waals surface area contributed by atoms with Gasteiger partial charge in [-0.3, -0.25) is 4.98 Å². The van der Waals surface area contributed by atoms with Gasteiger partial charge in [-0.25, -0.2) is 8.42 Å². The maximum atomic E-state index is 12.7. The number of rotatable bonds is 5. The Kier molecular flexibility index (Phi) is 4.56. The molecule has 0 spiro atoms. The molecule has 2 heterocycles. The van der Waals surface area contributed by atoms with E-state index in [1.807, 2.05) is 55.5 Å². The highest BCUT2D eigenvalue weighted by molar-refractivity contribution is 7.91. The van der Waals surface area contributed by atoms with E-state index >= 15 is 0 Å². The van der Waals surface area contributed by atoms with Crippen LogP contribution in [-0.4, -0.2) is 13.4 Å². The molecule has 6 heteroatoms. The molecule has 0 saturated carbocycles. The molecule has 0 saturated heterocycles. The second-order valence-electron chi connectivity index (χ2n) is 5.08. The van der Waals surface area contributed by atoms with E-state index < -0.39 is 16.1 Å². The topological polar surface area (TPSA) is 59.1 Å². The summed E-state index contributed by atoms with van der Waals surface area (Å²) < 4.78 is 28.4. The number of thiophene rings is 1. The van der Waals surface area contributed by atoms with Crippen LogP contribution >= 0.6 is 11.3 Å². The minimum Gasteiger partial charge on any atom is -0.259 e. The van der Waals surface area contributed by atoms with Gasteiger partial charge < -0.3 is 0 Å². The van der Waals surface area contributed by atoms with Crippen molar-refractivity contribution in [2.24, 2.45) is 0 Å². The Morgan fingerprint density at radius 2 is 1.74 bits per heavy atom. The lowest BCUT2D eigenvalue weighted by atomic mass is 10.0. The third kappa shape index (κ3) is 3.67. The number of sulfonamides is 1. The first-order valence-corrected chi connectivity index (χ1v) is 9.41. The molecular weight excluding hydrogens is 328 g/mol. The Hall–Kier alpha value is -2.02. The van der Waals surface area contributed by atoms with Crippen molar-refractivity contribution < 1.29 is 8.42 Å². The van der Waals surface area contributed by atoms with Crippen LogP contribution in [-0.2, 0) is 10.0 Å². The number of aryl methyl sites for hydroxylation is 1. The Bertz CT molecular complexity index is 836. The van der Waals surface area contributed by atoms with Gasteiger partial charge in [0, 0.05) is 11.1 Å². The second-order valence-corrected chi connectivity index (χ2v) is 8.31. The first-order chi connectivity index (χ1) is 11.1. The monoisotopic (exact) mass is 344 g/mol. The summed E-state index contributed by atoms with van der Waals surface area (Å²) in [4.78, 5) is 5.27. The smallest absolute Gasteiger partial charge is 0.250 e. The first kappa shape index (κ1) is 15.9. The lowest BCUT2D eigenvalue weighted by Gasteiger charge is -2.18. The predicted molar refractivity (Wildman–Crippen MR) is 91.9 cm³/mol. The zero-order valence-corrected chi connectivity index (χ0v) is 14.1. The lowest BCUT2D eigenvalue weighted by molar-refractivity contribution is 0.572. The van der Waals surface area contributed by atoms with Gasteiger partial charge in [0.15, 0.2) is 0 Å². The summed E-state index contributed by atoms with van der Waals surface area (Å²) in [5.74, 6) is 0. The number of pyridine rings is 1. The fourth-order valence-corrected chi connectivity index (χ4v) is 4.76. The standard InChI is InChI=1S/C17H16N2O2S2/c1-13-10-11-16(22-13)23(20,21)19-17(14-7-3-2-4-8-14)15-9-5-6-12-18-15/h2-12,17,19H,1H3/t17-/m1/s1. The maximum absolute atomic E-state index is 12.7. The molecule has 1 aromatic carbocycles. The van der Waals surface area contributed by atoms with E-state index in [0.29, 0.717) is 9.90 Å². The molecule has 1 atom stereocenters. The average Bonchev–Trinajstić information content (AvgIpc) is 3.02. The van der Waals surface area contributed by atoms with Crippen LogP contribution in [0.4, 0.5) is 0 Å². The number of hydrogen-bond donors (Lipinski definition) is 1. The number of aromatic nitrogens is 1. The van der Waals surface area contributed by atoms with Crippen molar-refractivity contribution in [1.29, 1.82) is 0 Å². The van der Waals surface area contributed by atoms with Crippen LogP contribution in [0.25, 0.3) is 0 Å². The van der Waals surface area contributed by atoms with Gasteiger partial charge in [-0.1, -0.05) is 36.4 Å². The zero-order chi connectivity index (χ0) is 16.3. The zero-order valence-electron chi connectivity index (χ0n) is 12.5. The summed E-state index contributed by atoms with van der Waals surface area (Å²) in [5.41, 5.74) is 1.51. The van der Waals surface area contributed by atoms with Crippen molar-refractivity contribution in [2.45, 2.75) is 17.2 Å². The lowest BCUT2D eigenvalue weighted by Crippen LogP contribution is -2.29. The van der Waals surface area contributed by atoms with Crippen molar-refractivity contribution in [2.75, 3.05) is 0 Å². The molecule has 0 bridgehead atoms. The minimum atomic E-state index is -3.61. The van der Waals surface area contributed by atoms with E-state index in [0.717, 1.165) is 10.4 Å². The molecular formula is C17H16N2O2S2. The molecule has 1 N–H and O–H groups in total. The van der Waals surface area contributed by atoms with Crippen molar-refractivity contribution in [3.05, 3.63) is 83.0 Å². The van der Waals surface area contributed by atoms with Crippen LogP contribution < -0.4 is 4.72 Å². The third-order valence-corrected chi connectivity index (χ3v) is 6.29. The molecule has 0 radical (unpaired) electrons. The molecule has 0 amide bonds.